The lowest BCUT2D eigenvalue weighted by Gasteiger charge is -2.27. The molecule has 0 bridgehead atoms. The maximum Gasteiger partial charge on any atom is 0.249 e. The number of benzene rings is 1. The fraction of sp³-hybridized carbons (Fsp3) is 0.440. The average Bonchev–Trinajstić information content (AvgIpc) is 3.40. The minimum absolute atomic E-state index is 0.121. The number of methoxy groups -OCH3 is 2. The molecular formula is C25H29N3O5S. The predicted molar refractivity (Wildman–Crippen MR) is 130 cm³/mol. The molecule has 8 nitrogen and oxygen atoms in total. The number of thiazole rings is 1. The van der Waals surface area contributed by atoms with Gasteiger partial charge in [-0.3, -0.25) is 19.3 Å². The highest BCUT2D eigenvalue weighted by atomic mass is 32.1. The van der Waals surface area contributed by atoms with Gasteiger partial charge in [0.2, 0.25) is 17.7 Å². The zero-order valence-corrected chi connectivity index (χ0v) is 20.6. The number of carbonyl (C=O) groups is 3. The van der Waals surface area contributed by atoms with Crippen LogP contribution in [0.25, 0.3) is 11.3 Å². The first kappa shape index (κ1) is 23.9. The number of anilines is 1. The molecule has 0 radical (unpaired) electrons. The predicted octanol–water partition coefficient (Wildman–Crippen LogP) is 4.13. The summed E-state index contributed by atoms with van der Waals surface area (Å²) in [5.41, 5.74) is 1.49. The third-order valence-electron chi connectivity index (χ3n) is 6.26. The Kier molecular flexibility index (Phi) is 7.02. The van der Waals surface area contributed by atoms with E-state index in [0.717, 1.165) is 5.56 Å². The Labute approximate surface area is 203 Å². The van der Waals surface area contributed by atoms with E-state index in [1.54, 1.807) is 20.3 Å². The molecule has 1 N–H and O–H groups in total. The number of hydrogen-bond donors (Lipinski definition) is 1. The number of fused-ring (bicyclic) bond motifs is 1. The fourth-order valence-electron chi connectivity index (χ4n) is 4.56. The average molecular weight is 484 g/mol. The van der Waals surface area contributed by atoms with Crippen LogP contribution in [0.3, 0.4) is 0 Å². The van der Waals surface area contributed by atoms with Crippen molar-refractivity contribution in [2.24, 2.45) is 17.8 Å². The van der Waals surface area contributed by atoms with E-state index >= 15 is 0 Å². The molecule has 3 unspecified atom stereocenters. The topological polar surface area (TPSA) is 97.8 Å². The summed E-state index contributed by atoms with van der Waals surface area (Å²) in [6.45, 7) is 3.94. The number of nitrogens with zero attached hydrogens (tertiary/aromatic N) is 2. The number of amides is 3. The van der Waals surface area contributed by atoms with E-state index in [1.165, 1.54) is 16.2 Å². The number of carbonyl (C=O) groups excluding carboxylic acids is 3. The SMILES string of the molecule is COc1ccc(-c2csc(NC(=O)C(CC(C)C)N3C(=O)C4CC=CCC4C3=O)n2)cc1OC. The van der Waals surface area contributed by atoms with Crippen molar-refractivity contribution in [3.8, 4) is 22.8 Å². The van der Waals surface area contributed by atoms with Crippen LogP contribution in [-0.2, 0) is 14.4 Å². The molecule has 1 fully saturated rings. The monoisotopic (exact) mass is 483 g/mol. The lowest BCUT2D eigenvalue weighted by Crippen LogP contribution is -2.48. The number of nitrogens with one attached hydrogen (secondary N) is 1. The normalized spacial score (nSPS) is 20.4. The summed E-state index contributed by atoms with van der Waals surface area (Å²) in [5, 5.41) is 5.08. The van der Waals surface area contributed by atoms with Gasteiger partial charge in [-0.2, -0.15) is 0 Å². The second kappa shape index (κ2) is 9.97. The van der Waals surface area contributed by atoms with E-state index in [9.17, 15) is 14.4 Å². The molecule has 3 atom stereocenters. The quantitative estimate of drug-likeness (QED) is 0.448. The van der Waals surface area contributed by atoms with Crippen molar-refractivity contribution in [1.29, 1.82) is 0 Å². The van der Waals surface area contributed by atoms with Crippen LogP contribution in [0.5, 0.6) is 11.5 Å². The van der Waals surface area contributed by atoms with Crippen molar-refractivity contribution in [1.82, 2.24) is 9.88 Å². The molecule has 1 aromatic carbocycles. The Bertz CT molecular complexity index is 1100. The fourth-order valence-corrected chi connectivity index (χ4v) is 5.28. The Balaban J connectivity index is 1.54. The molecule has 34 heavy (non-hydrogen) atoms. The zero-order valence-electron chi connectivity index (χ0n) is 19.7. The summed E-state index contributed by atoms with van der Waals surface area (Å²) in [6.07, 6.45) is 5.37. The number of imide groups is 1. The number of allylic oxidation sites excluding steroid dienone is 2. The Hall–Kier alpha value is -3.20. The van der Waals surface area contributed by atoms with Gasteiger partial charge in [0, 0.05) is 10.9 Å². The molecule has 0 spiro atoms. The molecule has 1 aromatic heterocycles. The Morgan fingerprint density at radius 2 is 1.76 bits per heavy atom. The third kappa shape index (κ3) is 4.57. The van der Waals surface area contributed by atoms with Crippen LogP contribution in [0, 0.1) is 17.8 Å². The lowest BCUT2D eigenvalue weighted by atomic mass is 9.85. The van der Waals surface area contributed by atoms with Crippen LogP contribution in [0.15, 0.2) is 35.7 Å². The van der Waals surface area contributed by atoms with Crippen molar-refractivity contribution in [2.45, 2.75) is 39.2 Å². The molecular weight excluding hydrogens is 454 g/mol. The number of likely N-dealkylation sites (tertiary alicyclic amines) is 1. The minimum Gasteiger partial charge on any atom is -0.493 e. The van der Waals surface area contributed by atoms with Gasteiger partial charge < -0.3 is 14.8 Å². The van der Waals surface area contributed by atoms with Gasteiger partial charge in [0.15, 0.2) is 16.6 Å². The number of ether oxygens (including phenoxy) is 2. The number of hydrogen-bond acceptors (Lipinski definition) is 7. The smallest absolute Gasteiger partial charge is 0.249 e. The number of aromatic nitrogens is 1. The van der Waals surface area contributed by atoms with Crippen LogP contribution >= 0.6 is 11.3 Å². The molecule has 1 saturated heterocycles. The second-order valence-electron chi connectivity index (χ2n) is 8.94. The molecule has 3 amide bonds. The summed E-state index contributed by atoms with van der Waals surface area (Å²) >= 11 is 1.28. The van der Waals surface area contributed by atoms with Crippen LogP contribution in [0.1, 0.15) is 33.1 Å². The van der Waals surface area contributed by atoms with Gasteiger partial charge >= 0.3 is 0 Å². The van der Waals surface area contributed by atoms with Gasteiger partial charge in [-0.05, 0) is 43.4 Å². The first-order valence-electron chi connectivity index (χ1n) is 11.3. The zero-order chi connectivity index (χ0) is 24.4. The van der Waals surface area contributed by atoms with Crippen LogP contribution in [0.4, 0.5) is 5.13 Å². The Morgan fingerprint density at radius 3 is 2.35 bits per heavy atom. The van der Waals surface area contributed by atoms with Crippen LogP contribution < -0.4 is 14.8 Å². The molecule has 0 saturated carbocycles. The highest BCUT2D eigenvalue weighted by molar-refractivity contribution is 7.14. The first-order chi connectivity index (χ1) is 16.3. The molecule has 180 valence electrons. The van der Waals surface area contributed by atoms with Gasteiger partial charge in [-0.25, -0.2) is 4.98 Å². The summed E-state index contributed by atoms with van der Waals surface area (Å²) in [6, 6.07) is 4.61. The number of rotatable bonds is 8. The third-order valence-corrected chi connectivity index (χ3v) is 7.02. The summed E-state index contributed by atoms with van der Waals surface area (Å²) in [7, 11) is 3.14. The molecule has 2 aliphatic rings. The molecule has 9 heteroatoms. The van der Waals surface area contributed by atoms with Crippen molar-refractivity contribution < 1.29 is 23.9 Å². The molecule has 2 heterocycles. The molecule has 4 rings (SSSR count). The molecule has 1 aliphatic carbocycles. The minimum atomic E-state index is -0.862. The summed E-state index contributed by atoms with van der Waals surface area (Å²) in [4.78, 5) is 45.2. The van der Waals surface area contributed by atoms with Gasteiger partial charge in [0.05, 0.1) is 31.7 Å². The highest BCUT2D eigenvalue weighted by Gasteiger charge is 2.51. The van der Waals surface area contributed by atoms with Crippen molar-refractivity contribution in [3.05, 3.63) is 35.7 Å². The first-order valence-corrected chi connectivity index (χ1v) is 12.2. The summed E-state index contributed by atoms with van der Waals surface area (Å²) < 4.78 is 10.6. The Morgan fingerprint density at radius 1 is 1.12 bits per heavy atom. The standard InChI is InChI=1S/C25H29N3O5S/c1-14(2)11-19(28-23(30)16-7-5-6-8-17(16)24(28)31)22(29)27-25-26-18(13-34-25)15-9-10-20(32-3)21(12-15)33-4/h5-6,9-10,12-14,16-17,19H,7-8,11H2,1-4H3,(H,26,27,29). The van der Waals surface area contributed by atoms with Crippen molar-refractivity contribution >= 4 is 34.2 Å². The van der Waals surface area contributed by atoms with E-state index in [4.69, 9.17) is 9.47 Å². The van der Waals surface area contributed by atoms with Gasteiger partial charge in [-0.15, -0.1) is 11.3 Å². The van der Waals surface area contributed by atoms with E-state index < -0.39 is 11.9 Å². The van der Waals surface area contributed by atoms with Gasteiger partial charge in [0.25, 0.3) is 0 Å². The maximum atomic E-state index is 13.3. The van der Waals surface area contributed by atoms with Gasteiger partial charge in [-0.1, -0.05) is 26.0 Å². The van der Waals surface area contributed by atoms with E-state index in [-0.39, 0.29) is 29.6 Å². The summed E-state index contributed by atoms with van der Waals surface area (Å²) in [5.74, 6) is -0.297. The lowest BCUT2D eigenvalue weighted by molar-refractivity contribution is -0.147. The van der Waals surface area contributed by atoms with Crippen molar-refractivity contribution in [2.75, 3.05) is 19.5 Å². The van der Waals surface area contributed by atoms with E-state index in [2.05, 4.69) is 10.3 Å². The van der Waals surface area contributed by atoms with Crippen molar-refractivity contribution in [3.63, 3.8) is 0 Å². The highest BCUT2D eigenvalue weighted by Crippen LogP contribution is 2.38. The molecule has 1 aliphatic heterocycles. The van der Waals surface area contributed by atoms with E-state index in [1.807, 2.05) is 43.5 Å². The van der Waals surface area contributed by atoms with Crippen LogP contribution in [-0.4, -0.2) is 47.9 Å². The molecule has 2 aromatic rings. The van der Waals surface area contributed by atoms with Crippen LogP contribution in [0.2, 0.25) is 0 Å². The van der Waals surface area contributed by atoms with E-state index in [0.29, 0.717) is 41.6 Å². The van der Waals surface area contributed by atoms with Gasteiger partial charge in [0.1, 0.15) is 6.04 Å². The second-order valence-corrected chi connectivity index (χ2v) is 9.80. The largest absolute Gasteiger partial charge is 0.493 e. The maximum absolute atomic E-state index is 13.3.